The van der Waals surface area contributed by atoms with Crippen LogP contribution < -0.4 is 0 Å². The number of aromatic amines is 1. The molecule has 1 aromatic carbocycles. The molecule has 0 aliphatic carbocycles. The Morgan fingerprint density at radius 1 is 1.21 bits per heavy atom. The second-order valence-electron chi connectivity index (χ2n) is 8.02. The highest BCUT2D eigenvalue weighted by molar-refractivity contribution is 6.09. The number of ketones is 1. The molecule has 6 nitrogen and oxygen atoms in total. The molecular weight excluding hydrogens is 362 g/mol. The largest absolute Gasteiger partial charge is 0.360 e. The van der Waals surface area contributed by atoms with E-state index >= 15 is 0 Å². The Morgan fingerprint density at radius 3 is 2.86 bits per heavy atom. The molecule has 148 valence electrons. The number of rotatable bonds is 4. The number of pyridine rings is 1. The summed E-state index contributed by atoms with van der Waals surface area (Å²) in [6, 6.07) is 8.57. The van der Waals surface area contributed by atoms with Gasteiger partial charge in [-0.1, -0.05) is 12.1 Å². The molecule has 0 radical (unpaired) electrons. The van der Waals surface area contributed by atoms with Crippen molar-refractivity contribution in [1.82, 2.24) is 24.4 Å². The third kappa shape index (κ3) is 3.13. The van der Waals surface area contributed by atoms with Crippen molar-refractivity contribution in [3.8, 4) is 0 Å². The summed E-state index contributed by atoms with van der Waals surface area (Å²) >= 11 is 0. The number of aryl methyl sites for hydroxylation is 2. The molecule has 0 amide bonds. The highest BCUT2D eigenvalue weighted by atomic mass is 16.1. The van der Waals surface area contributed by atoms with E-state index in [1.54, 1.807) is 0 Å². The second kappa shape index (κ2) is 7.12. The Balaban J connectivity index is 1.29. The smallest absolute Gasteiger partial charge is 0.178 e. The third-order valence-corrected chi connectivity index (χ3v) is 6.17. The molecule has 0 spiro atoms. The van der Waals surface area contributed by atoms with Gasteiger partial charge in [-0.3, -0.25) is 14.7 Å². The van der Waals surface area contributed by atoms with Crippen molar-refractivity contribution < 1.29 is 4.79 Å². The molecule has 1 aliphatic rings. The molecule has 0 bridgehead atoms. The van der Waals surface area contributed by atoms with Crippen LogP contribution in [-0.2, 0) is 0 Å². The topological polar surface area (TPSA) is 66.8 Å². The number of aromatic nitrogens is 4. The fraction of sp³-hybridized carbons (Fsp3) is 0.348. The first kappa shape index (κ1) is 18.1. The predicted octanol–water partition coefficient (Wildman–Crippen LogP) is 4.05. The van der Waals surface area contributed by atoms with Gasteiger partial charge in [0, 0.05) is 48.0 Å². The van der Waals surface area contributed by atoms with E-state index in [1.165, 1.54) is 0 Å². The lowest BCUT2D eigenvalue weighted by Crippen LogP contribution is -2.38. The van der Waals surface area contributed by atoms with Gasteiger partial charge in [0.2, 0.25) is 0 Å². The van der Waals surface area contributed by atoms with Crippen LogP contribution in [-0.4, -0.2) is 49.8 Å². The maximum atomic E-state index is 13.0. The van der Waals surface area contributed by atoms with Gasteiger partial charge in [0.05, 0.1) is 18.3 Å². The SMILES string of the molecule is Cc1cccc2[nH]cc(C(=O)CN3CCC(n4c(C)nc5cnccc54)CC3)c12. The summed E-state index contributed by atoms with van der Waals surface area (Å²) in [6.07, 6.45) is 7.57. The molecule has 1 N–H and O–H groups in total. The minimum absolute atomic E-state index is 0.194. The molecule has 4 aromatic rings. The number of piperidine rings is 1. The van der Waals surface area contributed by atoms with Gasteiger partial charge in [-0.25, -0.2) is 4.98 Å². The minimum atomic E-state index is 0.194. The first-order chi connectivity index (χ1) is 14.1. The van der Waals surface area contributed by atoms with E-state index in [0.29, 0.717) is 12.6 Å². The number of hydrogen-bond donors (Lipinski definition) is 1. The lowest BCUT2D eigenvalue weighted by Gasteiger charge is -2.33. The minimum Gasteiger partial charge on any atom is -0.360 e. The van der Waals surface area contributed by atoms with Gasteiger partial charge in [0.1, 0.15) is 11.3 Å². The van der Waals surface area contributed by atoms with E-state index in [4.69, 9.17) is 0 Å². The summed E-state index contributed by atoms with van der Waals surface area (Å²) in [4.78, 5) is 27.4. The van der Waals surface area contributed by atoms with Crippen molar-refractivity contribution in [2.45, 2.75) is 32.7 Å². The van der Waals surface area contributed by atoms with E-state index in [1.807, 2.05) is 36.8 Å². The van der Waals surface area contributed by atoms with Gasteiger partial charge in [0.25, 0.3) is 0 Å². The summed E-state index contributed by atoms with van der Waals surface area (Å²) in [5, 5.41) is 1.06. The molecule has 29 heavy (non-hydrogen) atoms. The maximum absolute atomic E-state index is 13.0. The summed E-state index contributed by atoms with van der Waals surface area (Å²) < 4.78 is 2.35. The monoisotopic (exact) mass is 387 g/mol. The van der Waals surface area contributed by atoms with Crippen LogP contribution in [0.5, 0.6) is 0 Å². The van der Waals surface area contributed by atoms with Crippen LogP contribution in [0.15, 0.2) is 42.9 Å². The van der Waals surface area contributed by atoms with E-state index < -0.39 is 0 Å². The van der Waals surface area contributed by atoms with Crippen LogP contribution in [0.3, 0.4) is 0 Å². The van der Waals surface area contributed by atoms with Crippen molar-refractivity contribution in [2.24, 2.45) is 0 Å². The zero-order valence-corrected chi connectivity index (χ0v) is 16.9. The van der Waals surface area contributed by atoms with Crippen molar-refractivity contribution in [3.05, 3.63) is 59.8 Å². The number of fused-ring (bicyclic) bond motifs is 2. The normalized spacial score (nSPS) is 16.1. The van der Waals surface area contributed by atoms with Crippen LogP contribution in [0.1, 0.15) is 40.6 Å². The first-order valence-electron chi connectivity index (χ1n) is 10.2. The molecule has 0 saturated carbocycles. The molecule has 0 unspecified atom stereocenters. The van der Waals surface area contributed by atoms with Gasteiger partial charge < -0.3 is 9.55 Å². The van der Waals surface area contributed by atoms with Crippen molar-refractivity contribution in [2.75, 3.05) is 19.6 Å². The quantitative estimate of drug-likeness (QED) is 0.537. The molecule has 3 aromatic heterocycles. The lowest BCUT2D eigenvalue weighted by molar-refractivity contribution is 0.0900. The zero-order valence-electron chi connectivity index (χ0n) is 16.9. The van der Waals surface area contributed by atoms with Gasteiger partial charge >= 0.3 is 0 Å². The lowest BCUT2D eigenvalue weighted by atomic mass is 10.0. The van der Waals surface area contributed by atoms with Crippen LogP contribution in [0, 0.1) is 13.8 Å². The van der Waals surface area contributed by atoms with E-state index in [-0.39, 0.29) is 5.78 Å². The fourth-order valence-electron chi connectivity index (χ4n) is 4.74. The number of nitrogens with one attached hydrogen (secondary N) is 1. The molecule has 1 aliphatic heterocycles. The van der Waals surface area contributed by atoms with Crippen LogP contribution in [0.25, 0.3) is 21.9 Å². The highest BCUT2D eigenvalue weighted by Gasteiger charge is 2.25. The number of carbonyl (C=O) groups is 1. The fourth-order valence-corrected chi connectivity index (χ4v) is 4.74. The number of benzene rings is 1. The first-order valence-corrected chi connectivity index (χ1v) is 10.2. The van der Waals surface area contributed by atoms with Crippen LogP contribution in [0.4, 0.5) is 0 Å². The third-order valence-electron chi connectivity index (χ3n) is 6.17. The number of carbonyl (C=O) groups excluding carboxylic acids is 1. The molecule has 1 fully saturated rings. The van der Waals surface area contributed by atoms with Crippen molar-refractivity contribution in [3.63, 3.8) is 0 Å². The van der Waals surface area contributed by atoms with E-state index in [0.717, 1.165) is 64.8 Å². The number of hydrogen-bond acceptors (Lipinski definition) is 4. The molecule has 0 atom stereocenters. The van der Waals surface area contributed by atoms with E-state index in [2.05, 4.69) is 44.3 Å². The van der Waals surface area contributed by atoms with Crippen molar-refractivity contribution >= 4 is 27.7 Å². The highest BCUT2D eigenvalue weighted by Crippen LogP contribution is 2.29. The molecule has 4 heterocycles. The van der Waals surface area contributed by atoms with E-state index in [9.17, 15) is 4.79 Å². The summed E-state index contributed by atoms with van der Waals surface area (Å²) in [5.41, 5.74) is 5.09. The average molecular weight is 387 g/mol. The Labute approximate surface area is 169 Å². The Hall–Kier alpha value is -2.99. The zero-order chi connectivity index (χ0) is 20.0. The summed E-state index contributed by atoms with van der Waals surface area (Å²) in [5.74, 6) is 1.23. The van der Waals surface area contributed by atoms with Gasteiger partial charge in [-0.05, 0) is 44.4 Å². The Kier molecular flexibility index (Phi) is 4.43. The van der Waals surface area contributed by atoms with Crippen LogP contribution >= 0.6 is 0 Å². The van der Waals surface area contributed by atoms with Gasteiger partial charge in [-0.2, -0.15) is 0 Å². The molecular formula is C23H25N5O. The molecule has 6 heteroatoms. The number of likely N-dealkylation sites (tertiary alicyclic amines) is 1. The Morgan fingerprint density at radius 2 is 2.03 bits per heavy atom. The second-order valence-corrected chi connectivity index (χ2v) is 8.02. The summed E-state index contributed by atoms with van der Waals surface area (Å²) in [7, 11) is 0. The van der Waals surface area contributed by atoms with Gasteiger partial charge in [-0.15, -0.1) is 0 Å². The number of H-pyrrole nitrogens is 1. The standard InChI is InChI=1S/C23H25N5O/c1-15-4-3-5-19-23(15)18(12-25-19)22(29)14-27-10-7-17(8-11-27)28-16(2)26-20-13-24-9-6-21(20)28/h3-6,9,12-13,17,25H,7-8,10-11,14H2,1-2H3. The molecule has 1 saturated heterocycles. The number of Topliss-reactive ketones (excluding diaryl/α,β-unsaturated/α-hetero) is 1. The number of imidazole rings is 1. The van der Waals surface area contributed by atoms with Gasteiger partial charge in [0.15, 0.2) is 5.78 Å². The average Bonchev–Trinajstić information content (AvgIpc) is 3.30. The van der Waals surface area contributed by atoms with Crippen molar-refractivity contribution in [1.29, 1.82) is 0 Å². The molecule has 5 rings (SSSR count). The number of nitrogens with zero attached hydrogens (tertiary/aromatic N) is 4. The van der Waals surface area contributed by atoms with Crippen LogP contribution in [0.2, 0.25) is 0 Å². The Bertz CT molecular complexity index is 1200. The predicted molar refractivity (Wildman–Crippen MR) is 114 cm³/mol. The summed E-state index contributed by atoms with van der Waals surface area (Å²) in [6.45, 7) is 6.44. The maximum Gasteiger partial charge on any atom is 0.178 e.